The van der Waals surface area contributed by atoms with Gasteiger partial charge in [-0.15, -0.1) is 0 Å². The second kappa shape index (κ2) is 6.32. The first-order chi connectivity index (χ1) is 11.5. The summed E-state index contributed by atoms with van der Waals surface area (Å²) in [7, 11) is 0. The van der Waals surface area contributed by atoms with Crippen molar-refractivity contribution >= 4 is 11.8 Å². The third kappa shape index (κ3) is 3.19. The molecule has 5 aliphatic rings. The van der Waals surface area contributed by atoms with E-state index in [1.807, 2.05) is 4.90 Å². The Hall–Kier alpha value is -1.10. The maximum Gasteiger partial charge on any atom is 0.242 e. The molecule has 0 aromatic heterocycles. The van der Waals surface area contributed by atoms with Crippen molar-refractivity contribution in [3.05, 3.63) is 0 Å². The van der Waals surface area contributed by atoms with Crippen LogP contribution in [0.2, 0.25) is 0 Å². The minimum absolute atomic E-state index is 0.0582. The number of nitrogens with zero attached hydrogens (tertiary/aromatic N) is 1. The molecule has 1 saturated heterocycles. The van der Waals surface area contributed by atoms with Gasteiger partial charge < -0.3 is 15.5 Å². The van der Waals surface area contributed by atoms with Crippen LogP contribution < -0.4 is 10.6 Å². The smallest absolute Gasteiger partial charge is 0.242 e. The van der Waals surface area contributed by atoms with E-state index in [1.165, 1.54) is 38.5 Å². The molecule has 4 bridgehead atoms. The van der Waals surface area contributed by atoms with Crippen LogP contribution in [0, 0.1) is 23.2 Å². The Morgan fingerprint density at radius 2 is 1.75 bits per heavy atom. The fourth-order valence-corrected chi connectivity index (χ4v) is 6.40. The van der Waals surface area contributed by atoms with Crippen molar-refractivity contribution in [1.82, 2.24) is 15.5 Å². The van der Waals surface area contributed by atoms with Gasteiger partial charge >= 0.3 is 0 Å². The summed E-state index contributed by atoms with van der Waals surface area (Å²) in [6, 6.07) is 0.214. The van der Waals surface area contributed by atoms with Gasteiger partial charge in [0.25, 0.3) is 0 Å². The molecule has 4 aliphatic carbocycles. The fourth-order valence-electron chi connectivity index (χ4n) is 6.40. The van der Waals surface area contributed by atoms with Crippen LogP contribution in [0.25, 0.3) is 0 Å². The molecule has 2 amide bonds. The largest absolute Gasteiger partial charge is 0.347 e. The van der Waals surface area contributed by atoms with E-state index in [0.717, 1.165) is 37.4 Å². The van der Waals surface area contributed by atoms with Gasteiger partial charge in [0.1, 0.15) is 0 Å². The third-order valence-corrected chi connectivity index (χ3v) is 6.96. The topological polar surface area (TPSA) is 61.4 Å². The monoisotopic (exact) mass is 333 g/mol. The van der Waals surface area contributed by atoms with Crippen molar-refractivity contribution in [2.24, 2.45) is 23.2 Å². The summed E-state index contributed by atoms with van der Waals surface area (Å²) in [5, 5.41) is 6.21. The second-order valence-electron chi connectivity index (χ2n) is 9.01. The molecule has 5 rings (SSSR count). The highest BCUT2D eigenvalue weighted by Gasteiger charge is 2.51. The van der Waals surface area contributed by atoms with Crippen LogP contribution in [0.3, 0.4) is 0 Å². The lowest BCUT2D eigenvalue weighted by Crippen LogP contribution is -2.54. The van der Waals surface area contributed by atoms with Crippen molar-refractivity contribution in [1.29, 1.82) is 0 Å². The Morgan fingerprint density at radius 3 is 2.33 bits per heavy atom. The van der Waals surface area contributed by atoms with Crippen LogP contribution in [-0.2, 0) is 9.59 Å². The van der Waals surface area contributed by atoms with Crippen LogP contribution in [0.5, 0.6) is 0 Å². The number of rotatable bonds is 4. The average molecular weight is 333 g/mol. The predicted octanol–water partition coefficient (Wildman–Crippen LogP) is 1.53. The van der Waals surface area contributed by atoms with Crippen LogP contribution in [0.4, 0.5) is 0 Å². The molecule has 5 heteroatoms. The van der Waals surface area contributed by atoms with Crippen LogP contribution in [-0.4, -0.2) is 48.9 Å². The van der Waals surface area contributed by atoms with Crippen LogP contribution >= 0.6 is 0 Å². The first kappa shape index (κ1) is 16.4. The lowest BCUT2D eigenvalue weighted by atomic mass is 9.49. The molecule has 0 aromatic rings. The zero-order valence-corrected chi connectivity index (χ0v) is 14.9. The van der Waals surface area contributed by atoms with E-state index in [0.29, 0.717) is 6.42 Å². The second-order valence-corrected chi connectivity index (χ2v) is 9.01. The molecule has 24 heavy (non-hydrogen) atoms. The highest BCUT2D eigenvalue weighted by atomic mass is 16.2. The summed E-state index contributed by atoms with van der Waals surface area (Å²) in [6.07, 6.45) is 8.58. The molecule has 0 spiro atoms. The lowest BCUT2D eigenvalue weighted by Gasteiger charge is -2.56. The number of carbonyl (C=O) groups excluding carboxylic acids is 2. The maximum absolute atomic E-state index is 12.5. The van der Waals surface area contributed by atoms with Gasteiger partial charge in [0, 0.05) is 32.1 Å². The molecule has 2 N–H and O–H groups in total. The number of piperazine rings is 1. The molecular weight excluding hydrogens is 302 g/mol. The predicted molar refractivity (Wildman–Crippen MR) is 92.3 cm³/mol. The van der Waals surface area contributed by atoms with Gasteiger partial charge in [0.15, 0.2) is 0 Å². The molecule has 0 aromatic carbocycles. The first-order valence-electron chi connectivity index (χ1n) is 9.80. The highest BCUT2D eigenvalue weighted by molar-refractivity contribution is 5.85. The summed E-state index contributed by atoms with van der Waals surface area (Å²) in [5.74, 6) is 2.75. The maximum atomic E-state index is 12.5. The Labute approximate surface area is 144 Å². The molecule has 0 radical (unpaired) electrons. The Kier molecular flexibility index (Phi) is 4.31. The number of hydrogen-bond acceptors (Lipinski definition) is 3. The molecule has 134 valence electrons. The van der Waals surface area contributed by atoms with E-state index < -0.39 is 0 Å². The third-order valence-electron chi connectivity index (χ3n) is 6.96. The van der Waals surface area contributed by atoms with E-state index in [1.54, 1.807) is 0 Å². The van der Waals surface area contributed by atoms with E-state index >= 15 is 0 Å². The molecule has 0 unspecified atom stereocenters. The fraction of sp³-hybridized carbons (Fsp3) is 0.895. The van der Waals surface area contributed by atoms with E-state index in [4.69, 9.17) is 0 Å². The molecule has 1 aliphatic heterocycles. The summed E-state index contributed by atoms with van der Waals surface area (Å²) < 4.78 is 0. The van der Waals surface area contributed by atoms with Crippen molar-refractivity contribution in [3.8, 4) is 0 Å². The highest BCUT2D eigenvalue weighted by Crippen LogP contribution is 2.61. The van der Waals surface area contributed by atoms with Gasteiger partial charge in [-0.2, -0.15) is 0 Å². The molecule has 5 fully saturated rings. The summed E-state index contributed by atoms with van der Waals surface area (Å²) in [5.41, 5.74) is 0.254. The van der Waals surface area contributed by atoms with Crippen LogP contribution in [0.1, 0.15) is 51.9 Å². The van der Waals surface area contributed by atoms with Crippen molar-refractivity contribution in [2.45, 2.75) is 57.9 Å². The summed E-state index contributed by atoms with van der Waals surface area (Å²) in [4.78, 5) is 26.8. The quantitative estimate of drug-likeness (QED) is 0.820. The van der Waals surface area contributed by atoms with E-state index in [9.17, 15) is 9.59 Å². The first-order valence-corrected chi connectivity index (χ1v) is 9.80. The Morgan fingerprint density at radius 1 is 1.12 bits per heavy atom. The minimum Gasteiger partial charge on any atom is -0.347 e. The number of amides is 2. The van der Waals surface area contributed by atoms with Crippen LogP contribution in [0.15, 0.2) is 0 Å². The number of hydrogen-bond donors (Lipinski definition) is 2. The average Bonchev–Trinajstić information content (AvgIpc) is 2.51. The minimum atomic E-state index is 0.0582. The van der Waals surface area contributed by atoms with E-state index in [2.05, 4.69) is 17.6 Å². The normalized spacial score (nSPS) is 40.6. The van der Waals surface area contributed by atoms with Crippen molar-refractivity contribution in [3.63, 3.8) is 0 Å². The van der Waals surface area contributed by atoms with Gasteiger partial charge in [-0.05, 0) is 68.6 Å². The summed E-state index contributed by atoms with van der Waals surface area (Å²) in [6.45, 7) is 4.64. The van der Waals surface area contributed by atoms with Gasteiger partial charge in [0.2, 0.25) is 11.8 Å². The van der Waals surface area contributed by atoms with Crippen molar-refractivity contribution < 1.29 is 9.59 Å². The molecule has 4 saturated carbocycles. The summed E-state index contributed by atoms with van der Waals surface area (Å²) >= 11 is 0. The molecule has 1 atom stereocenters. The molecule has 5 nitrogen and oxygen atoms in total. The van der Waals surface area contributed by atoms with Crippen molar-refractivity contribution in [2.75, 3.05) is 26.2 Å². The Balaban J connectivity index is 1.28. The number of carbonyl (C=O) groups is 2. The number of nitrogens with one attached hydrogen (secondary N) is 2. The Bertz CT molecular complexity index is 483. The molecule has 1 heterocycles. The van der Waals surface area contributed by atoms with Gasteiger partial charge in [-0.25, -0.2) is 0 Å². The zero-order valence-electron chi connectivity index (χ0n) is 14.9. The standard InChI is InChI=1S/C19H31N3O2/c1-13-11-20-2-3-22(13)18(24)12-21-17(23)10-19-7-14-4-15(8-19)6-16(5-14)9-19/h13-16,20H,2-12H2,1H3,(H,21,23)/t13-,14?,15?,16?,19?/m0/s1. The van der Waals surface area contributed by atoms with Gasteiger partial charge in [-0.3, -0.25) is 9.59 Å². The SMILES string of the molecule is C[C@H]1CNCCN1C(=O)CNC(=O)CC12CC3CC(CC(C3)C1)C2. The zero-order chi connectivity index (χ0) is 16.7. The van der Waals surface area contributed by atoms with Gasteiger partial charge in [-0.1, -0.05) is 0 Å². The molecular formula is C19H31N3O2. The van der Waals surface area contributed by atoms with E-state index in [-0.39, 0.29) is 29.8 Å². The van der Waals surface area contributed by atoms with Gasteiger partial charge in [0.05, 0.1) is 6.54 Å². The lowest BCUT2D eigenvalue weighted by molar-refractivity contribution is -0.137.